The highest BCUT2D eigenvalue weighted by atomic mass is 16.5. The molecule has 126 valence electrons. The number of nitrogens with zero attached hydrogens (tertiary/aromatic N) is 3. The Hall–Kier alpha value is -2.14. The van der Waals surface area contributed by atoms with Crippen LogP contribution in [0.25, 0.3) is 5.69 Å². The molecule has 0 amide bonds. The summed E-state index contributed by atoms with van der Waals surface area (Å²) in [4.78, 5) is 19.2. The van der Waals surface area contributed by atoms with Gasteiger partial charge in [-0.1, -0.05) is 7.43 Å². The van der Waals surface area contributed by atoms with Gasteiger partial charge in [-0.2, -0.15) is 0 Å². The van der Waals surface area contributed by atoms with Crippen LogP contribution in [0.15, 0.2) is 43.0 Å². The topological polar surface area (TPSA) is 47.4 Å². The van der Waals surface area contributed by atoms with Gasteiger partial charge in [0.05, 0.1) is 17.4 Å². The van der Waals surface area contributed by atoms with Crippen molar-refractivity contribution in [3.05, 3.63) is 56.0 Å². The molecule has 3 unspecified atom stereocenters. The number of piperidine rings is 2. The second-order valence-electron chi connectivity index (χ2n) is 6.46. The number of rotatable bonds is 3. The van der Waals surface area contributed by atoms with Crippen LogP contribution in [0.4, 0.5) is 0 Å². The van der Waals surface area contributed by atoms with Gasteiger partial charge in [0.1, 0.15) is 6.10 Å². The van der Waals surface area contributed by atoms with E-state index in [2.05, 4.69) is 9.88 Å². The lowest BCUT2D eigenvalue weighted by Gasteiger charge is -2.41. The molecule has 4 heterocycles. The predicted molar refractivity (Wildman–Crippen MR) is 91.9 cm³/mol. The van der Waals surface area contributed by atoms with E-state index in [-0.39, 0.29) is 19.5 Å². The third-order valence-electron chi connectivity index (χ3n) is 4.92. The molecule has 2 saturated heterocycles. The van der Waals surface area contributed by atoms with Crippen molar-refractivity contribution >= 4 is 5.97 Å². The molecule has 0 saturated carbocycles. The first-order valence-corrected chi connectivity index (χ1v) is 8.31. The van der Waals surface area contributed by atoms with Crippen LogP contribution in [0.1, 0.15) is 29.6 Å². The first kappa shape index (κ1) is 16.7. The third kappa shape index (κ3) is 3.36. The fourth-order valence-corrected chi connectivity index (χ4v) is 3.69. The van der Waals surface area contributed by atoms with Crippen LogP contribution in [-0.4, -0.2) is 46.2 Å². The summed E-state index contributed by atoms with van der Waals surface area (Å²) in [5.74, 6) is 0.234. The van der Waals surface area contributed by atoms with Crippen molar-refractivity contribution < 1.29 is 9.53 Å². The average molecular weight is 325 g/mol. The van der Waals surface area contributed by atoms with Gasteiger partial charge in [-0.3, -0.25) is 4.98 Å². The third-order valence-corrected chi connectivity index (χ3v) is 4.92. The number of carbonyl (C=O) groups is 1. The minimum Gasteiger partial charge on any atom is -0.458 e. The van der Waals surface area contributed by atoms with Crippen LogP contribution in [-0.2, 0) is 4.74 Å². The number of fused-ring (bicyclic) bond motifs is 2. The lowest BCUT2D eigenvalue weighted by Crippen LogP contribution is -2.48. The maximum atomic E-state index is 12.5. The van der Waals surface area contributed by atoms with Crippen LogP contribution in [0.2, 0.25) is 0 Å². The Morgan fingerprint density at radius 2 is 2.00 bits per heavy atom. The summed E-state index contributed by atoms with van der Waals surface area (Å²) in [5, 5.41) is 0. The van der Waals surface area contributed by atoms with Crippen molar-refractivity contribution in [2.75, 3.05) is 19.6 Å². The van der Waals surface area contributed by atoms with E-state index in [1.54, 1.807) is 12.4 Å². The first-order chi connectivity index (χ1) is 11.3. The molecule has 2 bridgehead atoms. The number of hydrogen-bond donors (Lipinski definition) is 0. The molecular formula is C19H23N3O2. The minimum absolute atomic E-state index is 0. The van der Waals surface area contributed by atoms with Gasteiger partial charge in [0, 0.05) is 37.6 Å². The molecule has 3 atom stereocenters. The van der Waals surface area contributed by atoms with Gasteiger partial charge in [-0.15, -0.1) is 0 Å². The Balaban J connectivity index is 0.00000169. The van der Waals surface area contributed by atoms with E-state index in [4.69, 9.17) is 4.74 Å². The fourth-order valence-electron chi connectivity index (χ4n) is 3.69. The minimum atomic E-state index is -0.254. The van der Waals surface area contributed by atoms with Crippen molar-refractivity contribution in [2.24, 2.45) is 5.92 Å². The Labute approximate surface area is 143 Å². The molecule has 2 fully saturated rings. The van der Waals surface area contributed by atoms with Crippen molar-refractivity contribution in [2.45, 2.75) is 25.4 Å². The van der Waals surface area contributed by atoms with Crippen molar-refractivity contribution in [1.82, 2.24) is 14.5 Å². The summed E-state index contributed by atoms with van der Waals surface area (Å²) in [6.07, 6.45) is 10.6. The Bertz CT molecular complexity index is 684. The molecule has 0 aliphatic carbocycles. The summed E-state index contributed by atoms with van der Waals surface area (Å²) < 4.78 is 7.75. The molecule has 24 heavy (non-hydrogen) atoms. The van der Waals surface area contributed by atoms with E-state index < -0.39 is 0 Å². The zero-order valence-electron chi connectivity index (χ0n) is 13.8. The van der Waals surface area contributed by atoms with E-state index in [0.717, 1.165) is 31.6 Å². The number of hydrogen-bond acceptors (Lipinski definition) is 4. The lowest BCUT2D eigenvalue weighted by molar-refractivity contribution is -0.0293. The predicted octanol–water partition coefficient (Wildman–Crippen LogP) is 2.84. The highest BCUT2D eigenvalue weighted by Crippen LogP contribution is 2.29. The molecule has 2 aromatic heterocycles. The monoisotopic (exact) mass is 325 g/mol. The van der Waals surface area contributed by atoms with Crippen LogP contribution < -0.4 is 0 Å². The quantitative estimate of drug-likeness (QED) is 0.814. The van der Waals surface area contributed by atoms with Crippen molar-refractivity contribution in [1.29, 1.82) is 0 Å². The van der Waals surface area contributed by atoms with E-state index in [1.165, 1.54) is 13.0 Å². The van der Waals surface area contributed by atoms with Gasteiger partial charge in [0.15, 0.2) is 0 Å². The maximum absolute atomic E-state index is 12.5. The molecule has 2 radical (unpaired) electrons. The molecule has 2 aliphatic rings. The summed E-state index contributed by atoms with van der Waals surface area (Å²) in [5.41, 5.74) is 1.39. The summed E-state index contributed by atoms with van der Waals surface area (Å²) in [6, 6.07) is 5.73. The fraction of sp³-hybridized carbons (Fsp3) is 0.421. The SMILES string of the molecule is O=C(OC1CCN2CCCC1C2)c1cncc(-n2cccc2)c1.[CH2]. The Morgan fingerprint density at radius 3 is 2.83 bits per heavy atom. The first-order valence-electron chi connectivity index (χ1n) is 8.31. The highest BCUT2D eigenvalue weighted by molar-refractivity contribution is 5.89. The Kier molecular flexibility index (Phi) is 5.00. The molecule has 5 heteroatoms. The van der Waals surface area contributed by atoms with E-state index >= 15 is 0 Å². The maximum Gasteiger partial charge on any atom is 0.340 e. The molecule has 2 aliphatic heterocycles. The van der Waals surface area contributed by atoms with Gasteiger partial charge < -0.3 is 14.2 Å². The summed E-state index contributed by atoms with van der Waals surface area (Å²) in [6.45, 7) is 3.30. The van der Waals surface area contributed by atoms with Crippen LogP contribution in [0.3, 0.4) is 0 Å². The standard InChI is InChI=1S/C18H21N3O2.CH2/c22-18(23-17-5-9-20-6-3-4-14(17)13-20)15-10-16(12-19-11-15)21-7-1-2-8-21;/h1-2,7-8,10-12,14,17H,3-6,9,13H2;1H2. The molecule has 2 aromatic rings. The summed E-state index contributed by atoms with van der Waals surface area (Å²) >= 11 is 0. The second-order valence-corrected chi connectivity index (χ2v) is 6.46. The van der Waals surface area contributed by atoms with Crippen LogP contribution >= 0.6 is 0 Å². The molecule has 5 nitrogen and oxygen atoms in total. The van der Waals surface area contributed by atoms with Crippen LogP contribution in [0.5, 0.6) is 0 Å². The highest BCUT2D eigenvalue weighted by Gasteiger charge is 2.34. The second kappa shape index (κ2) is 7.18. The van der Waals surface area contributed by atoms with E-state index in [0.29, 0.717) is 11.5 Å². The number of ether oxygens (including phenoxy) is 1. The van der Waals surface area contributed by atoms with Gasteiger partial charge in [0.2, 0.25) is 0 Å². The van der Waals surface area contributed by atoms with Gasteiger partial charge in [0.25, 0.3) is 0 Å². The van der Waals surface area contributed by atoms with Crippen molar-refractivity contribution in [3.63, 3.8) is 0 Å². The van der Waals surface area contributed by atoms with Crippen LogP contribution in [0, 0.1) is 13.3 Å². The molecule has 0 N–H and O–H groups in total. The largest absolute Gasteiger partial charge is 0.458 e. The molecular weight excluding hydrogens is 302 g/mol. The lowest BCUT2D eigenvalue weighted by atomic mass is 9.87. The normalized spacial score (nSPS) is 25.6. The van der Waals surface area contributed by atoms with Crippen molar-refractivity contribution in [3.8, 4) is 5.69 Å². The van der Waals surface area contributed by atoms with E-state index in [1.807, 2.05) is 35.2 Å². The molecule has 4 rings (SSSR count). The zero-order chi connectivity index (χ0) is 15.6. The zero-order valence-corrected chi connectivity index (χ0v) is 13.8. The van der Waals surface area contributed by atoms with Gasteiger partial charge in [-0.25, -0.2) is 4.79 Å². The summed E-state index contributed by atoms with van der Waals surface area (Å²) in [7, 11) is 0. The number of pyridine rings is 1. The number of aromatic nitrogens is 2. The van der Waals surface area contributed by atoms with Gasteiger partial charge in [-0.05, 0) is 44.0 Å². The molecule has 0 aromatic carbocycles. The smallest absolute Gasteiger partial charge is 0.340 e. The number of carbonyl (C=O) groups excluding carboxylic acids is 1. The molecule has 0 spiro atoms. The number of esters is 1. The Morgan fingerprint density at radius 1 is 1.17 bits per heavy atom. The van der Waals surface area contributed by atoms with Gasteiger partial charge >= 0.3 is 5.97 Å². The van der Waals surface area contributed by atoms with E-state index in [9.17, 15) is 4.79 Å². The average Bonchev–Trinajstić information content (AvgIpc) is 3.12.